The van der Waals surface area contributed by atoms with Crippen LogP contribution < -0.4 is 4.90 Å². The highest BCUT2D eigenvalue weighted by atomic mass is 16.5. The van der Waals surface area contributed by atoms with Crippen LogP contribution in [0.25, 0.3) is 0 Å². The summed E-state index contributed by atoms with van der Waals surface area (Å²) in [6.45, 7) is 4.43. The number of hydrogen-bond donors (Lipinski definition) is 0. The van der Waals surface area contributed by atoms with Gasteiger partial charge in [-0.15, -0.1) is 0 Å². The zero-order valence-electron chi connectivity index (χ0n) is 18.5. The molecule has 0 atom stereocenters. The third-order valence-electron chi connectivity index (χ3n) is 5.71. The fourth-order valence-electron chi connectivity index (χ4n) is 3.89. The number of imide groups is 1. The van der Waals surface area contributed by atoms with Crippen LogP contribution >= 0.6 is 0 Å². The van der Waals surface area contributed by atoms with E-state index in [-0.39, 0.29) is 11.5 Å². The molecule has 2 amide bonds. The lowest BCUT2D eigenvalue weighted by molar-refractivity contribution is 0.0497. The van der Waals surface area contributed by atoms with Crippen molar-refractivity contribution >= 4 is 23.5 Å². The van der Waals surface area contributed by atoms with E-state index in [4.69, 9.17) is 4.74 Å². The van der Waals surface area contributed by atoms with Crippen molar-refractivity contribution < 1.29 is 19.1 Å². The van der Waals surface area contributed by atoms with Gasteiger partial charge in [-0.25, -0.2) is 9.69 Å². The molecule has 0 aromatic heterocycles. The van der Waals surface area contributed by atoms with Gasteiger partial charge < -0.3 is 4.74 Å². The Balaban J connectivity index is 1.54. The Morgan fingerprint density at radius 2 is 1.48 bits per heavy atom. The van der Waals surface area contributed by atoms with Gasteiger partial charge in [0.05, 0.1) is 29.0 Å². The van der Waals surface area contributed by atoms with Gasteiger partial charge in [-0.3, -0.25) is 9.59 Å². The number of aryl methyl sites for hydroxylation is 1. The number of esters is 1. The molecule has 0 saturated heterocycles. The van der Waals surface area contributed by atoms with E-state index in [0.717, 1.165) is 24.8 Å². The van der Waals surface area contributed by atoms with Gasteiger partial charge in [-0.05, 0) is 43.2 Å². The molecular weight excluding hydrogens is 390 g/mol. The Bertz CT molecular complexity index is 950. The highest BCUT2D eigenvalue weighted by Crippen LogP contribution is 2.31. The lowest BCUT2D eigenvalue weighted by Gasteiger charge is -2.16. The van der Waals surface area contributed by atoms with E-state index in [0.29, 0.717) is 23.4 Å². The van der Waals surface area contributed by atoms with Crippen molar-refractivity contribution in [2.24, 2.45) is 0 Å². The van der Waals surface area contributed by atoms with E-state index in [1.807, 2.05) is 19.1 Å². The van der Waals surface area contributed by atoms with Crippen LogP contribution in [-0.4, -0.2) is 24.4 Å². The van der Waals surface area contributed by atoms with Gasteiger partial charge in [-0.2, -0.15) is 0 Å². The number of carbonyl (C=O) groups is 3. The molecule has 0 radical (unpaired) electrons. The standard InChI is InChI=1S/C26H31NO4/c1-3-4-5-6-7-8-9-12-17-31-26(30)20-15-16-21-22(18-20)25(29)27(24(21)28)23-14-11-10-13-19(23)2/h10-11,13-16,18H,3-9,12,17H2,1-2H3. The van der Waals surface area contributed by atoms with Crippen LogP contribution in [0, 0.1) is 6.92 Å². The highest BCUT2D eigenvalue weighted by Gasteiger charge is 2.37. The average molecular weight is 422 g/mol. The van der Waals surface area contributed by atoms with E-state index in [1.165, 1.54) is 43.1 Å². The van der Waals surface area contributed by atoms with Crippen LogP contribution in [0.15, 0.2) is 42.5 Å². The van der Waals surface area contributed by atoms with Crippen LogP contribution in [-0.2, 0) is 4.74 Å². The lowest BCUT2D eigenvalue weighted by Crippen LogP contribution is -2.29. The summed E-state index contributed by atoms with van der Waals surface area (Å²) in [7, 11) is 0. The number of ether oxygens (including phenoxy) is 1. The molecule has 0 spiro atoms. The summed E-state index contributed by atoms with van der Waals surface area (Å²) in [4.78, 5) is 39.3. The first-order chi connectivity index (χ1) is 15.0. The first-order valence-corrected chi connectivity index (χ1v) is 11.3. The number of anilines is 1. The summed E-state index contributed by atoms with van der Waals surface area (Å²) >= 11 is 0. The molecule has 1 aliphatic rings. The molecule has 5 nitrogen and oxygen atoms in total. The molecule has 1 heterocycles. The molecule has 1 aliphatic heterocycles. The van der Waals surface area contributed by atoms with Gasteiger partial charge in [0.15, 0.2) is 0 Å². The third kappa shape index (κ3) is 5.40. The smallest absolute Gasteiger partial charge is 0.338 e. The van der Waals surface area contributed by atoms with Crippen molar-refractivity contribution in [2.45, 2.75) is 65.2 Å². The van der Waals surface area contributed by atoms with E-state index in [2.05, 4.69) is 6.92 Å². The maximum Gasteiger partial charge on any atom is 0.338 e. The molecule has 0 unspecified atom stereocenters. The quantitative estimate of drug-likeness (QED) is 0.250. The zero-order chi connectivity index (χ0) is 22.2. The molecule has 5 heteroatoms. The number of para-hydroxylation sites is 1. The number of hydrogen-bond acceptors (Lipinski definition) is 4. The molecule has 2 aromatic rings. The van der Waals surface area contributed by atoms with Crippen LogP contribution in [0.1, 0.15) is 94.9 Å². The minimum atomic E-state index is -0.458. The van der Waals surface area contributed by atoms with Gasteiger partial charge >= 0.3 is 5.97 Å². The molecule has 0 bridgehead atoms. The predicted molar refractivity (Wildman–Crippen MR) is 122 cm³/mol. The second-order valence-electron chi connectivity index (χ2n) is 8.10. The van der Waals surface area contributed by atoms with Crippen LogP contribution in [0.3, 0.4) is 0 Å². The number of fused-ring (bicyclic) bond motifs is 1. The SMILES string of the molecule is CCCCCCCCCCOC(=O)c1ccc2c(c1)C(=O)N(c1ccccc1C)C2=O. The van der Waals surface area contributed by atoms with E-state index in [1.54, 1.807) is 24.3 Å². The van der Waals surface area contributed by atoms with Crippen molar-refractivity contribution in [1.82, 2.24) is 0 Å². The van der Waals surface area contributed by atoms with Gasteiger partial charge in [0.1, 0.15) is 0 Å². The summed E-state index contributed by atoms with van der Waals surface area (Å²) < 4.78 is 5.38. The third-order valence-corrected chi connectivity index (χ3v) is 5.71. The van der Waals surface area contributed by atoms with Crippen molar-refractivity contribution in [2.75, 3.05) is 11.5 Å². The largest absolute Gasteiger partial charge is 0.462 e. The Morgan fingerprint density at radius 1 is 0.839 bits per heavy atom. The molecule has 2 aromatic carbocycles. The summed E-state index contributed by atoms with van der Waals surface area (Å²) in [5.41, 5.74) is 2.25. The maximum atomic E-state index is 12.9. The summed E-state index contributed by atoms with van der Waals surface area (Å²) in [6.07, 6.45) is 9.39. The van der Waals surface area contributed by atoms with E-state index < -0.39 is 11.9 Å². The molecule has 0 saturated carbocycles. The Morgan fingerprint density at radius 3 is 2.19 bits per heavy atom. The summed E-state index contributed by atoms with van der Waals surface area (Å²) in [6, 6.07) is 11.8. The van der Waals surface area contributed by atoms with Crippen molar-refractivity contribution in [3.05, 3.63) is 64.7 Å². The fourth-order valence-corrected chi connectivity index (χ4v) is 3.89. The molecule has 0 aliphatic carbocycles. The molecule has 0 N–H and O–H groups in total. The van der Waals surface area contributed by atoms with Gasteiger partial charge in [0.2, 0.25) is 0 Å². The van der Waals surface area contributed by atoms with Gasteiger partial charge in [0.25, 0.3) is 11.8 Å². The number of benzene rings is 2. The minimum absolute atomic E-state index is 0.245. The van der Waals surface area contributed by atoms with Crippen LogP contribution in [0.2, 0.25) is 0 Å². The second kappa shape index (κ2) is 10.9. The average Bonchev–Trinajstić information content (AvgIpc) is 3.02. The molecule has 3 rings (SSSR count). The van der Waals surface area contributed by atoms with E-state index >= 15 is 0 Å². The number of carbonyl (C=O) groups excluding carboxylic acids is 3. The molecule has 164 valence electrons. The van der Waals surface area contributed by atoms with Crippen LogP contribution in [0.4, 0.5) is 5.69 Å². The van der Waals surface area contributed by atoms with Gasteiger partial charge in [-0.1, -0.05) is 70.1 Å². The number of rotatable bonds is 11. The van der Waals surface area contributed by atoms with E-state index in [9.17, 15) is 14.4 Å². The van der Waals surface area contributed by atoms with Crippen molar-refractivity contribution in [3.8, 4) is 0 Å². The van der Waals surface area contributed by atoms with Gasteiger partial charge in [0, 0.05) is 0 Å². The molecular formula is C26H31NO4. The topological polar surface area (TPSA) is 63.7 Å². The fraction of sp³-hybridized carbons (Fsp3) is 0.423. The number of nitrogens with zero attached hydrogens (tertiary/aromatic N) is 1. The Kier molecular flexibility index (Phi) is 7.99. The minimum Gasteiger partial charge on any atom is -0.462 e. The Hall–Kier alpha value is -2.95. The maximum absolute atomic E-state index is 12.9. The van der Waals surface area contributed by atoms with Crippen molar-refractivity contribution in [3.63, 3.8) is 0 Å². The molecule has 0 fully saturated rings. The first kappa shape index (κ1) is 22.7. The normalized spacial score (nSPS) is 12.9. The first-order valence-electron chi connectivity index (χ1n) is 11.3. The molecule has 31 heavy (non-hydrogen) atoms. The number of unbranched alkanes of at least 4 members (excludes halogenated alkanes) is 7. The monoisotopic (exact) mass is 421 g/mol. The Labute approximate surface area is 184 Å². The predicted octanol–water partition coefficient (Wildman–Crippen LogP) is 6.09. The second-order valence-corrected chi connectivity index (χ2v) is 8.10. The lowest BCUT2D eigenvalue weighted by atomic mass is 10.1. The van der Waals surface area contributed by atoms with Crippen molar-refractivity contribution in [1.29, 1.82) is 0 Å². The number of amides is 2. The highest BCUT2D eigenvalue weighted by molar-refractivity contribution is 6.34. The summed E-state index contributed by atoms with van der Waals surface area (Å²) in [5.74, 6) is -1.24. The zero-order valence-corrected chi connectivity index (χ0v) is 18.5. The summed E-state index contributed by atoms with van der Waals surface area (Å²) in [5, 5.41) is 0. The van der Waals surface area contributed by atoms with Crippen LogP contribution in [0.5, 0.6) is 0 Å².